The number of anilines is 1. The number of primary amides is 1. The first-order valence-electron chi connectivity index (χ1n) is 13.4. The van der Waals surface area contributed by atoms with Crippen molar-refractivity contribution in [1.29, 1.82) is 5.26 Å². The van der Waals surface area contributed by atoms with E-state index < -0.39 is 5.91 Å². The van der Waals surface area contributed by atoms with Crippen molar-refractivity contribution in [3.63, 3.8) is 0 Å². The molecule has 3 aromatic heterocycles. The van der Waals surface area contributed by atoms with Gasteiger partial charge in [-0.3, -0.25) is 9.69 Å². The predicted octanol–water partition coefficient (Wildman–Crippen LogP) is 4.20. The monoisotopic (exact) mass is 541 g/mol. The van der Waals surface area contributed by atoms with Gasteiger partial charge in [-0.15, -0.1) is 0 Å². The first kappa shape index (κ1) is 26.0. The molecule has 0 radical (unpaired) electrons. The molecular weight excluding hydrogens is 514 g/mol. The number of piperidine rings is 1. The summed E-state index contributed by atoms with van der Waals surface area (Å²) >= 11 is 0. The third kappa shape index (κ3) is 5.85. The van der Waals surface area contributed by atoms with Crippen molar-refractivity contribution in [1.82, 2.24) is 29.8 Å². The second-order valence-corrected chi connectivity index (χ2v) is 9.99. The molecule has 0 atom stereocenters. The number of fused-ring (bicyclic) bond motifs is 1. The van der Waals surface area contributed by atoms with Gasteiger partial charge in [0.25, 0.3) is 0 Å². The molecule has 1 aliphatic rings. The van der Waals surface area contributed by atoms with Gasteiger partial charge in [-0.25, -0.2) is 24.9 Å². The highest BCUT2D eigenvalue weighted by atomic mass is 16.1. The van der Waals surface area contributed by atoms with Crippen molar-refractivity contribution in [2.24, 2.45) is 5.73 Å². The Labute approximate surface area is 236 Å². The maximum atomic E-state index is 11.7. The maximum absolute atomic E-state index is 11.7. The van der Waals surface area contributed by atoms with E-state index in [1.165, 1.54) is 11.8 Å². The molecule has 1 fully saturated rings. The van der Waals surface area contributed by atoms with Crippen molar-refractivity contribution in [3.8, 4) is 28.6 Å². The molecule has 1 saturated heterocycles. The number of nitrogens with zero attached hydrogens (tertiary/aromatic N) is 7. The molecule has 0 spiro atoms. The van der Waals surface area contributed by atoms with E-state index in [0.29, 0.717) is 28.6 Å². The Hall–Kier alpha value is -5.27. The summed E-state index contributed by atoms with van der Waals surface area (Å²) in [6.07, 6.45) is 5.01. The molecule has 0 bridgehead atoms. The molecule has 10 nitrogen and oxygen atoms in total. The molecule has 1 aliphatic heterocycles. The summed E-state index contributed by atoms with van der Waals surface area (Å²) in [6.45, 7) is 2.76. The summed E-state index contributed by atoms with van der Waals surface area (Å²) < 4.78 is 0. The van der Waals surface area contributed by atoms with Crippen LogP contribution in [-0.2, 0) is 6.54 Å². The highest BCUT2D eigenvalue weighted by Gasteiger charge is 2.20. The largest absolute Gasteiger partial charge is 0.367 e. The van der Waals surface area contributed by atoms with Gasteiger partial charge >= 0.3 is 0 Å². The van der Waals surface area contributed by atoms with Crippen LogP contribution in [0.25, 0.3) is 33.7 Å². The third-order valence-corrected chi connectivity index (χ3v) is 7.18. The van der Waals surface area contributed by atoms with Gasteiger partial charge in [-0.2, -0.15) is 5.26 Å². The number of rotatable bonds is 7. The van der Waals surface area contributed by atoms with Gasteiger partial charge in [0.05, 0.1) is 17.0 Å². The van der Waals surface area contributed by atoms with Gasteiger partial charge in [-0.1, -0.05) is 54.6 Å². The molecule has 0 unspecified atom stereocenters. The lowest BCUT2D eigenvalue weighted by atomic mass is 10.0. The van der Waals surface area contributed by atoms with E-state index in [1.807, 2.05) is 36.4 Å². The van der Waals surface area contributed by atoms with Crippen LogP contribution in [0.15, 0.2) is 79.1 Å². The normalized spacial score (nSPS) is 14.0. The molecule has 41 heavy (non-hydrogen) atoms. The van der Waals surface area contributed by atoms with Gasteiger partial charge in [0.2, 0.25) is 11.7 Å². The molecule has 2 aromatic carbocycles. The highest BCUT2D eigenvalue weighted by molar-refractivity contribution is 5.95. The zero-order chi connectivity index (χ0) is 28.2. The number of amides is 1. The van der Waals surface area contributed by atoms with Crippen LogP contribution in [0.5, 0.6) is 0 Å². The minimum absolute atomic E-state index is 0.175. The van der Waals surface area contributed by atoms with Crippen molar-refractivity contribution >= 4 is 22.9 Å². The van der Waals surface area contributed by atoms with E-state index in [9.17, 15) is 4.79 Å². The smallest absolute Gasteiger partial charge is 0.250 e. The fourth-order valence-corrected chi connectivity index (χ4v) is 5.04. The molecule has 0 aliphatic carbocycles. The number of carbonyl (C=O) groups is 1. The number of nitrogens with two attached hydrogens (primary N) is 1. The summed E-state index contributed by atoms with van der Waals surface area (Å²) in [6, 6.07) is 24.0. The Bertz CT molecular complexity index is 1740. The van der Waals surface area contributed by atoms with Gasteiger partial charge in [0.1, 0.15) is 17.4 Å². The number of hydrogen-bond acceptors (Lipinski definition) is 9. The molecule has 4 heterocycles. The molecule has 1 amide bonds. The molecule has 3 N–H and O–H groups in total. The van der Waals surface area contributed by atoms with E-state index in [-0.39, 0.29) is 5.82 Å². The summed E-state index contributed by atoms with van der Waals surface area (Å²) in [5, 5.41) is 12.5. The minimum atomic E-state index is -0.554. The lowest BCUT2D eigenvalue weighted by Gasteiger charge is -2.32. The van der Waals surface area contributed by atoms with Crippen molar-refractivity contribution in [3.05, 3.63) is 96.1 Å². The van der Waals surface area contributed by atoms with Crippen molar-refractivity contribution < 1.29 is 4.79 Å². The number of nitriles is 1. The zero-order valence-electron chi connectivity index (χ0n) is 22.2. The average Bonchev–Trinajstić information content (AvgIpc) is 3.02. The predicted molar refractivity (Wildman–Crippen MR) is 155 cm³/mol. The van der Waals surface area contributed by atoms with E-state index in [4.69, 9.17) is 21.0 Å². The topological polar surface area (TPSA) is 147 Å². The Morgan fingerprint density at radius 2 is 1.68 bits per heavy atom. The van der Waals surface area contributed by atoms with Crippen molar-refractivity contribution in [2.45, 2.75) is 25.4 Å². The number of carbonyl (C=O) groups excluding carboxylic acids is 1. The Balaban J connectivity index is 1.18. The number of benzene rings is 2. The van der Waals surface area contributed by atoms with Gasteiger partial charge < -0.3 is 11.1 Å². The molecule has 202 valence electrons. The lowest BCUT2D eigenvalue weighted by molar-refractivity contribution is 0.1000. The lowest BCUT2D eigenvalue weighted by Crippen LogP contribution is -2.38. The number of likely N-dealkylation sites (tertiary alicyclic amines) is 1. The Kier molecular flexibility index (Phi) is 7.26. The first-order chi connectivity index (χ1) is 20.1. The highest BCUT2D eigenvalue weighted by Crippen LogP contribution is 2.31. The molecule has 0 saturated carbocycles. The van der Waals surface area contributed by atoms with Crippen LogP contribution in [-0.4, -0.2) is 54.9 Å². The van der Waals surface area contributed by atoms with Gasteiger partial charge in [0, 0.05) is 49.2 Å². The van der Waals surface area contributed by atoms with E-state index in [1.54, 1.807) is 18.3 Å². The van der Waals surface area contributed by atoms with Gasteiger partial charge in [0.15, 0.2) is 5.65 Å². The second-order valence-electron chi connectivity index (χ2n) is 9.99. The van der Waals surface area contributed by atoms with Crippen LogP contribution < -0.4 is 11.1 Å². The average molecular weight is 542 g/mol. The summed E-state index contributed by atoms with van der Waals surface area (Å²) in [5.41, 5.74) is 11.3. The SMILES string of the molecule is N#Cc1nccc(NC2CCN(Cc3ccc(-c4nc5cc(C(N)=O)cnc5nc4-c4ccccc4)cc3)CC2)n1. The molecular formula is C31H27N9O. The van der Waals surface area contributed by atoms with Crippen LogP contribution in [0, 0.1) is 11.3 Å². The number of hydrogen-bond donors (Lipinski definition) is 2. The van der Waals surface area contributed by atoms with Gasteiger partial charge in [-0.05, 0) is 30.5 Å². The van der Waals surface area contributed by atoms with Crippen LogP contribution in [0.3, 0.4) is 0 Å². The maximum Gasteiger partial charge on any atom is 0.250 e. The van der Waals surface area contributed by atoms with Crippen molar-refractivity contribution in [2.75, 3.05) is 18.4 Å². The Morgan fingerprint density at radius 3 is 2.41 bits per heavy atom. The van der Waals surface area contributed by atoms with Crippen LogP contribution in [0.4, 0.5) is 5.82 Å². The van der Waals surface area contributed by atoms with E-state index >= 15 is 0 Å². The molecule has 6 rings (SSSR count). The number of nitrogens with one attached hydrogen (secondary N) is 1. The first-order valence-corrected chi connectivity index (χ1v) is 13.4. The summed E-state index contributed by atoms with van der Waals surface area (Å²) in [5.74, 6) is 0.314. The van der Waals surface area contributed by atoms with E-state index in [2.05, 4.69) is 49.4 Å². The van der Waals surface area contributed by atoms with Crippen LogP contribution >= 0.6 is 0 Å². The summed E-state index contributed by atoms with van der Waals surface area (Å²) in [7, 11) is 0. The number of aromatic nitrogens is 5. The minimum Gasteiger partial charge on any atom is -0.367 e. The second kappa shape index (κ2) is 11.5. The fourth-order valence-electron chi connectivity index (χ4n) is 5.04. The summed E-state index contributed by atoms with van der Waals surface area (Å²) in [4.78, 5) is 36.4. The fraction of sp³-hybridized carbons (Fsp3) is 0.194. The quantitative estimate of drug-likeness (QED) is 0.309. The molecule has 10 heteroatoms. The van der Waals surface area contributed by atoms with Crippen LogP contribution in [0.2, 0.25) is 0 Å². The van der Waals surface area contributed by atoms with Crippen LogP contribution in [0.1, 0.15) is 34.6 Å². The Morgan fingerprint density at radius 1 is 0.951 bits per heavy atom. The standard InChI is InChI=1S/C31H27N9O/c32-17-27-34-13-10-26(38-27)36-24-11-14-40(15-12-24)19-20-6-8-22(9-7-20)28-29(21-4-2-1-3-5-21)39-31-25(37-28)16-23(18-35-31)30(33)41/h1-10,13,16,18,24H,11-12,14-15,19H2,(H2,33,41)(H,34,36,38). The molecule has 5 aromatic rings. The zero-order valence-corrected chi connectivity index (χ0v) is 22.2. The third-order valence-electron chi connectivity index (χ3n) is 7.18. The number of pyridine rings is 1. The van der Waals surface area contributed by atoms with E-state index in [0.717, 1.165) is 55.0 Å².